The number of aryl methyl sites for hydroxylation is 1. The molecule has 0 saturated heterocycles. The molecule has 44 heavy (non-hydrogen) atoms. The van der Waals surface area contributed by atoms with Gasteiger partial charge in [-0.1, -0.05) is 76.5 Å². The van der Waals surface area contributed by atoms with Gasteiger partial charge in [-0.25, -0.2) is 0 Å². The van der Waals surface area contributed by atoms with Crippen molar-refractivity contribution >= 4 is 11.9 Å². The molecule has 2 fully saturated rings. The van der Waals surface area contributed by atoms with Crippen molar-refractivity contribution in [2.75, 3.05) is 0 Å². The highest BCUT2D eigenvalue weighted by Gasteiger charge is 2.56. The second-order valence-corrected chi connectivity index (χ2v) is 14.2. The second kappa shape index (κ2) is 18.0. The molecule has 2 unspecified atom stereocenters. The molecular weight excluding hydrogens is 544 g/mol. The zero-order chi connectivity index (χ0) is 31.2. The van der Waals surface area contributed by atoms with Crippen LogP contribution < -0.4 is 4.74 Å². The fraction of sp³-hybridized carbons (Fsp3) is 0.700. The molecule has 0 heterocycles. The number of carbonyl (C=O) groups is 2. The number of esters is 2. The van der Waals surface area contributed by atoms with Gasteiger partial charge in [-0.15, -0.1) is 13.2 Å². The number of carbonyl (C=O) groups excluding carboxylic acids is 2. The number of hydrogen-bond acceptors (Lipinski definition) is 4. The SMILES string of the molecule is C=CCCCCCCCCC(=O)Oc1ccc2c(c1)CCC1[C@@H]2CCC2(C)[C@@H](OC(=O)CCCCCCCCC=C)CC[C@@H]12. The second-order valence-electron chi connectivity index (χ2n) is 14.2. The Morgan fingerprint density at radius 1 is 0.795 bits per heavy atom. The molecule has 3 aliphatic carbocycles. The highest BCUT2D eigenvalue weighted by Crippen LogP contribution is 2.61. The van der Waals surface area contributed by atoms with E-state index >= 15 is 0 Å². The van der Waals surface area contributed by atoms with Crippen molar-refractivity contribution < 1.29 is 19.1 Å². The molecule has 4 nitrogen and oxygen atoms in total. The van der Waals surface area contributed by atoms with E-state index in [0.717, 1.165) is 64.2 Å². The van der Waals surface area contributed by atoms with Crippen molar-refractivity contribution in [3.05, 3.63) is 54.6 Å². The summed E-state index contributed by atoms with van der Waals surface area (Å²) in [7, 11) is 0. The lowest BCUT2D eigenvalue weighted by molar-refractivity contribution is -0.157. The van der Waals surface area contributed by atoms with E-state index in [-0.39, 0.29) is 23.5 Å². The van der Waals surface area contributed by atoms with Crippen LogP contribution in [0.15, 0.2) is 43.5 Å². The topological polar surface area (TPSA) is 52.6 Å². The van der Waals surface area contributed by atoms with Crippen molar-refractivity contribution in [1.82, 2.24) is 0 Å². The Balaban J connectivity index is 1.20. The van der Waals surface area contributed by atoms with Crippen molar-refractivity contribution in [3.63, 3.8) is 0 Å². The van der Waals surface area contributed by atoms with Gasteiger partial charge in [0.25, 0.3) is 0 Å². The van der Waals surface area contributed by atoms with Gasteiger partial charge in [0.15, 0.2) is 0 Å². The van der Waals surface area contributed by atoms with Gasteiger partial charge in [0.1, 0.15) is 11.9 Å². The van der Waals surface area contributed by atoms with Crippen molar-refractivity contribution in [1.29, 1.82) is 0 Å². The number of ether oxygens (including phenoxy) is 2. The zero-order valence-electron chi connectivity index (χ0n) is 27.8. The average Bonchev–Trinajstić information content (AvgIpc) is 3.35. The summed E-state index contributed by atoms with van der Waals surface area (Å²) in [5, 5.41) is 0. The van der Waals surface area contributed by atoms with Crippen molar-refractivity contribution in [2.45, 2.75) is 160 Å². The predicted molar refractivity (Wildman–Crippen MR) is 181 cm³/mol. The summed E-state index contributed by atoms with van der Waals surface area (Å²) < 4.78 is 12.0. The summed E-state index contributed by atoms with van der Waals surface area (Å²) in [6, 6.07) is 6.40. The number of hydrogen-bond donors (Lipinski definition) is 0. The Labute approximate surface area is 268 Å². The van der Waals surface area contributed by atoms with Gasteiger partial charge in [-0.05, 0) is 118 Å². The summed E-state index contributed by atoms with van der Waals surface area (Å²) >= 11 is 0. The smallest absolute Gasteiger partial charge is 0.311 e. The molecule has 0 radical (unpaired) electrons. The van der Waals surface area contributed by atoms with Crippen LogP contribution in [0.2, 0.25) is 0 Å². The minimum Gasteiger partial charge on any atom is -0.462 e. The summed E-state index contributed by atoms with van der Waals surface area (Å²) in [6.45, 7) is 9.97. The third-order valence-electron chi connectivity index (χ3n) is 11.2. The predicted octanol–water partition coefficient (Wildman–Crippen LogP) is 11.0. The number of rotatable bonds is 20. The van der Waals surface area contributed by atoms with E-state index in [4.69, 9.17) is 9.47 Å². The third-order valence-corrected chi connectivity index (χ3v) is 11.2. The Morgan fingerprint density at radius 2 is 1.41 bits per heavy atom. The highest BCUT2D eigenvalue weighted by molar-refractivity contribution is 5.72. The minimum absolute atomic E-state index is 0.0148. The molecule has 0 aliphatic heterocycles. The van der Waals surface area contributed by atoms with Gasteiger partial charge >= 0.3 is 11.9 Å². The van der Waals surface area contributed by atoms with Crippen LogP contribution in [0.4, 0.5) is 0 Å². The molecule has 5 atom stereocenters. The third kappa shape index (κ3) is 9.57. The van der Waals surface area contributed by atoms with Gasteiger partial charge in [0.2, 0.25) is 0 Å². The fourth-order valence-corrected chi connectivity index (χ4v) is 8.70. The largest absolute Gasteiger partial charge is 0.462 e. The zero-order valence-corrected chi connectivity index (χ0v) is 27.8. The minimum atomic E-state index is -0.107. The first-order valence-electron chi connectivity index (χ1n) is 18.2. The Morgan fingerprint density at radius 3 is 2.07 bits per heavy atom. The maximum Gasteiger partial charge on any atom is 0.311 e. The maximum absolute atomic E-state index is 12.8. The molecule has 0 bridgehead atoms. The molecule has 4 heteroatoms. The lowest BCUT2D eigenvalue weighted by Crippen LogP contribution is -2.45. The van der Waals surface area contributed by atoms with E-state index < -0.39 is 0 Å². The van der Waals surface area contributed by atoms with Crippen LogP contribution in [0.5, 0.6) is 5.75 Å². The Kier molecular flexibility index (Phi) is 14.1. The van der Waals surface area contributed by atoms with Crippen LogP contribution >= 0.6 is 0 Å². The highest BCUT2D eigenvalue weighted by atomic mass is 16.5. The fourth-order valence-electron chi connectivity index (χ4n) is 8.70. The van der Waals surface area contributed by atoms with Crippen LogP contribution in [0.1, 0.15) is 159 Å². The molecule has 0 spiro atoms. The van der Waals surface area contributed by atoms with Crippen LogP contribution in [-0.4, -0.2) is 18.0 Å². The molecule has 0 amide bonds. The first-order valence-corrected chi connectivity index (χ1v) is 18.2. The normalized spacial score (nSPS) is 25.4. The molecule has 1 aromatic carbocycles. The van der Waals surface area contributed by atoms with E-state index in [2.05, 4.69) is 32.2 Å². The van der Waals surface area contributed by atoms with E-state index in [9.17, 15) is 9.59 Å². The summed E-state index contributed by atoms with van der Waals surface area (Å²) in [4.78, 5) is 25.3. The average molecular weight is 605 g/mol. The number of benzene rings is 1. The van der Waals surface area contributed by atoms with Crippen LogP contribution in [0, 0.1) is 17.3 Å². The van der Waals surface area contributed by atoms with Crippen molar-refractivity contribution in [3.8, 4) is 5.75 Å². The molecule has 4 rings (SSSR count). The first kappa shape index (κ1) is 34.5. The number of allylic oxidation sites excluding steroid dienone is 2. The first-order chi connectivity index (χ1) is 21.5. The molecule has 0 aromatic heterocycles. The molecular formula is C40H60O4. The van der Waals surface area contributed by atoms with Crippen LogP contribution in [-0.2, 0) is 20.7 Å². The lowest BCUT2D eigenvalue weighted by Gasteiger charge is -2.50. The van der Waals surface area contributed by atoms with E-state index in [1.165, 1.54) is 75.3 Å². The Bertz CT molecular complexity index is 1080. The molecule has 1 aromatic rings. The van der Waals surface area contributed by atoms with Gasteiger partial charge in [-0.2, -0.15) is 0 Å². The van der Waals surface area contributed by atoms with Crippen LogP contribution in [0.3, 0.4) is 0 Å². The number of unbranched alkanes of at least 4 members (excludes halogenated alkanes) is 12. The summed E-state index contributed by atoms with van der Waals surface area (Å²) in [5.74, 6) is 2.44. The van der Waals surface area contributed by atoms with E-state index in [1.54, 1.807) is 0 Å². The quantitative estimate of drug-likeness (QED) is 0.0643. The van der Waals surface area contributed by atoms with Gasteiger partial charge < -0.3 is 9.47 Å². The van der Waals surface area contributed by atoms with Crippen LogP contribution in [0.25, 0.3) is 0 Å². The summed E-state index contributed by atoms with van der Waals surface area (Å²) in [6.07, 6.45) is 27.9. The maximum atomic E-state index is 12.8. The number of fused-ring (bicyclic) bond motifs is 5. The Hall–Kier alpha value is -2.36. The molecule has 3 aliphatic rings. The molecule has 244 valence electrons. The molecule has 0 N–H and O–H groups in total. The van der Waals surface area contributed by atoms with E-state index in [1.807, 2.05) is 18.2 Å². The van der Waals surface area contributed by atoms with Gasteiger partial charge in [-0.3, -0.25) is 9.59 Å². The monoisotopic (exact) mass is 604 g/mol. The van der Waals surface area contributed by atoms with Gasteiger partial charge in [0, 0.05) is 18.3 Å². The van der Waals surface area contributed by atoms with Gasteiger partial charge in [0.05, 0.1) is 0 Å². The molecule has 2 saturated carbocycles. The van der Waals surface area contributed by atoms with E-state index in [0.29, 0.717) is 36.3 Å². The standard InChI is InChI=1S/C40H60O4/c1-4-6-8-10-12-14-16-18-20-38(41)43-32-23-25-33-31(30-32)22-24-35-34(33)28-29-40(3)36(35)26-27-37(40)44-39(42)21-19-17-15-13-11-9-7-5-2/h4-5,23,25,30,34-37H,1-2,6-22,24,26-29H2,3H3/t34-,35?,36+,37+,40?/m1/s1. The van der Waals surface area contributed by atoms with Crippen molar-refractivity contribution in [2.24, 2.45) is 17.3 Å². The summed E-state index contributed by atoms with van der Waals surface area (Å²) in [5.41, 5.74) is 2.92. The lowest BCUT2D eigenvalue weighted by atomic mass is 9.55.